The van der Waals surface area contributed by atoms with E-state index in [-0.39, 0.29) is 17.1 Å². The molecular formula is C10H11FO3S. The number of aliphatic hydroxyl groups is 1. The minimum Gasteiger partial charge on any atom is -0.396 e. The van der Waals surface area contributed by atoms with Crippen molar-refractivity contribution < 1.29 is 17.4 Å². The molecule has 1 rings (SSSR count). The summed E-state index contributed by atoms with van der Waals surface area (Å²) in [5, 5.41) is 8.53. The normalized spacial score (nSPS) is 12.1. The first kappa shape index (κ1) is 11.9. The van der Waals surface area contributed by atoms with Gasteiger partial charge in [0.1, 0.15) is 4.90 Å². The van der Waals surface area contributed by atoms with Crippen molar-refractivity contribution in [1.29, 1.82) is 0 Å². The zero-order valence-corrected chi connectivity index (χ0v) is 8.74. The fourth-order valence-corrected chi connectivity index (χ4v) is 1.78. The van der Waals surface area contributed by atoms with Gasteiger partial charge in [-0.3, -0.25) is 0 Å². The first-order chi connectivity index (χ1) is 7.05. The molecule has 0 spiro atoms. The van der Waals surface area contributed by atoms with E-state index in [4.69, 9.17) is 5.11 Å². The number of hydrogen-bond donors (Lipinski definition) is 1. The molecule has 15 heavy (non-hydrogen) atoms. The molecule has 0 aliphatic heterocycles. The van der Waals surface area contributed by atoms with Crippen LogP contribution in [0.25, 0.3) is 6.08 Å². The van der Waals surface area contributed by atoms with Crippen LogP contribution in [-0.4, -0.2) is 20.1 Å². The zero-order valence-electron chi connectivity index (χ0n) is 7.93. The Morgan fingerprint density at radius 3 is 2.60 bits per heavy atom. The van der Waals surface area contributed by atoms with Gasteiger partial charge in [-0.15, -0.1) is 3.89 Å². The zero-order chi connectivity index (χ0) is 11.3. The largest absolute Gasteiger partial charge is 0.396 e. The number of hydrogen-bond acceptors (Lipinski definition) is 3. The predicted molar refractivity (Wildman–Crippen MR) is 55.5 cm³/mol. The second-order valence-corrected chi connectivity index (χ2v) is 4.21. The van der Waals surface area contributed by atoms with Crippen molar-refractivity contribution in [2.75, 3.05) is 6.61 Å². The van der Waals surface area contributed by atoms with Crippen molar-refractivity contribution in [1.82, 2.24) is 0 Å². The van der Waals surface area contributed by atoms with Crippen molar-refractivity contribution in [3.05, 3.63) is 35.9 Å². The van der Waals surface area contributed by atoms with Gasteiger partial charge in [0, 0.05) is 6.61 Å². The predicted octanol–water partition coefficient (Wildman–Crippen LogP) is 1.74. The third-order valence-electron chi connectivity index (χ3n) is 1.77. The molecule has 0 radical (unpaired) electrons. The van der Waals surface area contributed by atoms with Crippen LogP contribution in [0, 0.1) is 0 Å². The summed E-state index contributed by atoms with van der Waals surface area (Å²) >= 11 is 0. The molecule has 1 aromatic rings. The summed E-state index contributed by atoms with van der Waals surface area (Å²) in [4.78, 5) is -0.348. The van der Waals surface area contributed by atoms with Gasteiger partial charge in [-0.2, -0.15) is 8.42 Å². The van der Waals surface area contributed by atoms with E-state index >= 15 is 0 Å². The maximum atomic E-state index is 12.8. The number of aliphatic hydroxyl groups excluding tert-OH is 1. The highest BCUT2D eigenvalue weighted by Gasteiger charge is 2.14. The smallest absolute Gasteiger partial charge is 0.332 e. The van der Waals surface area contributed by atoms with Gasteiger partial charge in [0.25, 0.3) is 0 Å². The SMILES string of the molecule is O=S(=O)(F)c1ccccc1C=CCCO. The van der Waals surface area contributed by atoms with E-state index in [1.807, 2.05) is 0 Å². The molecule has 82 valence electrons. The Bertz CT molecular complexity index is 451. The first-order valence-corrected chi connectivity index (χ1v) is 5.75. The van der Waals surface area contributed by atoms with Gasteiger partial charge in [-0.05, 0) is 18.1 Å². The molecule has 1 N–H and O–H groups in total. The Morgan fingerprint density at radius 1 is 1.33 bits per heavy atom. The Hall–Kier alpha value is -1.20. The van der Waals surface area contributed by atoms with Crippen LogP contribution in [0.3, 0.4) is 0 Å². The molecule has 5 heteroatoms. The number of halogens is 1. The second-order valence-electron chi connectivity index (χ2n) is 2.89. The molecule has 0 saturated carbocycles. The molecule has 0 saturated heterocycles. The minimum absolute atomic E-state index is 0.0267. The molecule has 0 aromatic heterocycles. The fraction of sp³-hybridized carbons (Fsp3) is 0.200. The molecule has 0 heterocycles. The quantitative estimate of drug-likeness (QED) is 0.801. The third-order valence-corrected chi connectivity index (χ3v) is 2.67. The lowest BCUT2D eigenvalue weighted by atomic mass is 10.2. The molecule has 0 bridgehead atoms. The average Bonchev–Trinajstić information content (AvgIpc) is 2.17. The summed E-state index contributed by atoms with van der Waals surface area (Å²) in [5.74, 6) is 0. The molecule has 0 aliphatic carbocycles. The topological polar surface area (TPSA) is 54.4 Å². The van der Waals surface area contributed by atoms with Crippen LogP contribution in [0.2, 0.25) is 0 Å². The lowest BCUT2D eigenvalue weighted by Crippen LogP contribution is -1.94. The summed E-state index contributed by atoms with van der Waals surface area (Å²) in [6.45, 7) is -0.0267. The van der Waals surface area contributed by atoms with Crippen molar-refractivity contribution in [2.24, 2.45) is 0 Å². The van der Waals surface area contributed by atoms with Crippen molar-refractivity contribution in [3.8, 4) is 0 Å². The Morgan fingerprint density at radius 2 is 2.00 bits per heavy atom. The highest BCUT2D eigenvalue weighted by molar-refractivity contribution is 7.86. The van der Waals surface area contributed by atoms with Crippen LogP contribution in [0.5, 0.6) is 0 Å². The first-order valence-electron chi connectivity index (χ1n) is 4.37. The molecule has 0 amide bonds. The average molecular weight is 230 g/mol. The second kappa shape index (κ2) is 5.04. The number of benzene rings is 1. The molecule has 1 aromatic carbocycles. The van der Waals surface area contributed by atoms with E-state index in [1.165, 1.54) is 24.3 Å². The Labute approximate surface area is 88.1 Å². The fourth-order valence-electron chi connectivity index (χ4n) is 1.13. The summed E-state index contributed by atoms with van der Waals surface area (Å²) < 4.78 is 34.3. The lowest BCUT2D eigenvalue weighted by molar-refractivity contribution is 0.303. The van der Waals surface area contributed by atoms with E-state index in [0.29, 0.717) is 6.42 Å². The Balaban J connectivity index is 3.08. The van der Waals surface area contributed by atoms with Crippen molar-refractivity contribution in [2.45, 2.75) is 11.3 Å². The number of rotatable bonds is 4. The maximum absolute atomic E-state index is 12.8. The van der Waals surface area contributed by atoms with E-state index < -0.39 is 10.2 Å². The summed E-state index contributed by atoms with van der Waals surface area (Å²) in [6.07, 6.45) is 3.47. The molecule has 0 atom stereocenters. The third kappa shape index (κ3) is 3.45. The molecule has 0 fully saturated rings. The van der Waals surface area contributed by atoms with Crippen LogP contribution in [0.1, 0.15) is 12.0 Å². The highest BCUT2D eigenvalue weighted by Crippen LogP contribution is 2.18. The minimum atomic E-state index is -4.68. The lowest BCUT2D eigenvalue weighted by Gasteiger charge is -1.99. The van der Waals surface area contributed by atoms with E-state index in [0.717, 1.165) is 0 Å². The Kier molecular flexibility index (Phi) is 3.99. The van der Waals surface area contributed by atoms with Crippen LogP contribution in [0.15, 0.2) is 35.2 Å². The van der Waals surface area contributed by atoms with Crippen LogP contribution in [-0.2, 0) is 10.2 Å². The van der Waals surface area contributed by atoms with Gasteiger partial charge < -0.3 is 5.11 Å². The van der Waals surface area contributed by atoms with E-state index in [2.05, 4.69) is 0 Å². The summed E-state index contributed by atoms with van der Waals surface area (Å²) in [6, 6.07) is 5.78. The van der Waals surface area contributed by atoms with E-state index in [1.54, 1.807) is 12.1 Å². The van der Waals surface area contributed by atoms with Gasteiger partial charge in [-0.25, -0.2) is 0 Å². The van der Waals surface area contributed by atoms with Gasteiger partial charge in [0.2, 0.25) is 0 Å². The van der Waals surface area contributed by atoms with Crippen LogP contribution in [0.4, 0.5) is 3.89 Å². The summed E-state index contributed by atoms with van der Waals surface area (Å²) in [7, 11) is -4.68. The highest BCUT2D eigenvalue weighted by atomic mass is 32.3. The van der Waals surface area contributed by atoms with Crippen LogP contribution >= 0.6 is 0 Å². The van der Waals surface area contributed by atoms with Gasteiger partial charge in [0.15, 0.2) is 0 Å². The van der Waals surface area contributed by atoms with Gasteiger partial charge in [-0.1, -0.05) is 30.4 Å². The molecule has 0 aliphatic rings. The van der Waals surface area contributed by atoms with Gasteiger partial charge in [0.05, 0.1) is 0 Å². The molecule has 0 unspecified atom stereocenters. The van der Waals surface area contributed by atoms with Crippen molar-refractivity contribution >= 4 is 16.3 Å². The standard InChI is InChI=1S/C10H11FO3S/c11-15(13,14)10-7-2-1-5-9(10)6-3-4-8-12/h1-3,5-7,12H,4,8H2. The molecule has 3 nitrogen and oxygen atoms in total. The monoisotopic (exact) mass is 230 g/mol. The molecular weight excluding hydrogens is 219 g/mol. The van der Waals surface area contributed by atoms with Crippen LogP contribution < -0.4 is 0 Å². The maximum Gasteiger partial charge on any atom is 0.332 e. The summed E-state index contributed by atoms with van der Waals surface area (Å²) in [5.41, 5.74) is 0.286. The van der Waals surface area contributed by atoms with Crippen molar-refractivity contribution in [3.63, 3.8) is 0 Å². The van der Waals surface area contributed by atoms with E-state index in [9.17, 15) is 12.3 Å². The van der Waals surface area contributed by atoms with Gasteiger partial charge >= 0.3 is 10.2 Å².